The Labute approximate surface area is 197 Å². The monoisotopic (exact) mass is 455 g/mol. The molecule has 2 aromatic heterocycles. The van der Waals surface area contributed by atoms with Crippen molar-refractivity contribution in [2.75, 3.05) is 6.61 Å². The molecule has 2 heterocycles. The van der Waals surface area contributed by atoms with E-state index in [1.54, 1.807) is 10.8 Å². The molecule has 0 bridgehead atoms. The minimum atomic E-state index is -0.593. The Balaban J connectivity index is 1.35. The van der Waals surface area contributed by atoms with Crippen LogP contribution in [0.3, 0.4) is 0 Å². The molecule has 1 N–H and O–H groups in total. The number of aromatic nitrogens is 2. The Hall–Kier alpha value is -4.13. The molecule has 2 aromatic carbocycles. The van der Waals surface area contributed by atoms with Crippen molar-refractivity contribution in [1.29, 1.82) is 0 Å². The van der Waals surface area contributed by atoms with Gasteiger partial charge in [-0.25, -0.2) is 9.48 Å². The van der Waals surface area contributed by atoms with Crippen molar-refractivity contribution in [2.24, 2.45) is 0 Å². The van der Waals surface area contributed by atoms with Crippen LogP contribution < -0.4 is 5.32 Å². The highest BCUT2D eigenvalue weighted by atomic mass is 16.5. The first-order chi connectivity index (χ1) is 16.7. The molecule has 1 aliphatic rings. The molecule has 5 rings (SSSR count). The van der Waals surface area contributed by atoms with Crippen LogP contribution in [0.5, 0.6) is 0 Å². The van der Waals surface area contributed by atoms with Crippen molar-refractivity contribution in [1.82, 2.24) is 15.1 Å². The fraction of sp³-hybridized carbons (Fsp3) is 0.222. The van der Waals surface area contributed by atoms with E-state index in [1.165, 1.54) is 6.08 Å². The second kappa shape index (κ2) is 9.79. The van der Waals surface area contributed by atoms with Gasteiger partial charge in [0.05, 0.1) is 5.69 Å². The molecule has 1 fully saturated rings. The van der Waals surface area contributed by atoms with Crippen LogP contribution in [-0.4, -0.2) is 34.3 Å². The normalized spacial score (nSPS) is 14.1. The van der Waals surface area contributed by atoms with E-state index in [9.17, 15) is 9.59 Å². The SMILES string of the molecule is O=C(COC(=O)C=Cc1cn(-c2ccccc2)nc1-c1cc2ccccc2o1)NC1CCCC1. The largest absolute Gasteiger partial charge is 0.454 e. The summed E-state index contributed by atoms with van der Waals surface area (Å²) in [5.74, 6) is -0.266. The molecule has 1 amide bonds. The Kier molecular flexibility index (Phi) is 6.25. The van der Waals surface area contributed by atoms with Crippen LogP contribution in [0.2, 0.25) is 0 Å². The van der Waals surface area contributed by atoms with E-state index >= 15 is 0 Å². The summed E-state index contributed by atoms with van der Waals surface area (Å²) in [6.45, 7) is -0.292. The highest BCUT2D eigenvalue weighted by Crippen LogP contribution is 2.30. The number of benzene rings is 2. The summed E-state index contributed by atoms with van der Waals surface area (Å²) in [6.07, 6.45) is 8.97. The summed E-state index contributed by atoms with van der Waals surface area (Å²) in [5.41, 5.74) is 2.93. The zero-order valence-electron chi connectivity index (χ0n) is 18.6. The van der Waals surface area contributed by atoms with Crippen molar-refractivity contribution in [3.63, 3.8) is 0 Å². The molecule has 1 saturated carbocycles. The van der Waals surface area contributed by atoms with Crippen LogP contribution in [0.25, 0.3) is 34.2 Å². The molecule has 4 aromatic rings. The Morgan fingerprint density at radius 2 is 1.85 bits per heavy atom. The quantitative estimate of drug-likeness (QED) is 0.316. The third-order valence-electron chi connectivity index (χ3n) is 5.89. The summed E-state index contributed by atoms with van der Waals surface area (Å²) in [5, 5.41) is 8.58. The van der Waals surface area contributed by atoms with Crippen LogP contribution in [0, 0.1) is 0 Å². The lowest BCUT2D eigenvalue weighted by Crippen LogP contribution is -2.35. The number of esters is 1. The van der Waals surface area contributed by atoms with Crippen molar-refractivity contribution >= 4 is 28.9 Å². The first-order valence-corrected chi connectivity index (χ1v) is 11.4. The number of ether oxygens (including phenoxy) is 1. The lowest BCUT2D eigenvalue weighted by atomic mass is 10.2. The van der Waals surface area contributed by atoms with Crippen LogP contribution in [0.4, 0.5) is 0 Å². The molecule has 0 atom stereocenters. The third kappa shape index (κ3) is 4.93. The van der Waals surface area contributed by atoms with E-state index in [2.05, 4.69) is 5.32 Å². The molecule has 172 valence electrons. The van der Waals surface area contributed by atoms with Gasteiger partial charge in [0.15, 0.2) is 12.4 Å². The van der Waals surface area contributed by atoms with Gasteiger partial charge in [-0.15, -0.1) is 0 Å². The Morgan fingerprint density at radius 3 is 2.65 bits per heavy atom. The van der Waals surface area contributed by atoms with E-state index < -0.39 is 5.97 Å². The predicted molar refractivity (Wildman–Crippen MR) is 129 cm³/mol. The van der Waals surface area contributed by atoms with Gasteiger partial charge in [-0.2, -0.15) is 5.10 Å². The minimum Gasteiger partial charge on any atom is -0.454 e. The summed E-state index contributed by atoms with van der Waals surface area (Å²) in [4.78, 5) is 24.3. The van der Waals surface area contributed by atoms with E-state index in [-0.39, 0.29) is 18.6 Å². The van der Waals surface area contributed by atoms with Gasteiger partial charge in [0, 0.05) is 29.3 Å². The lowest BCUT2D eigenvalue weighted by Gasteiger charge is -2.11. The summed E-state index contributed by atoms with van der Waals surface area (Å²) in [7, 11) is 0. The highest BCUT2D eigenvalue weighted by Gasteiger charge is 2.18. The number of rotatable bonds is 7. The highest BCUT2D eigenvalue weighted by molar-refractivity contribution is 5.91. The number of carbonyl (C=O) groups is 2. The molecule has 0 saturated heterocycles. The zero-order chi connectivity index (χ0) is 23.3. The molecule has 7 nitrogen and oxygen atoms in total. The second-order valence-corrected chi connectivity index (χ2v) is 8.35. The Morgan fingerprint density at radius 1 is 1.09 bits per heavy atom. The van der Waals surface area contributed by atoms with E-state index in [1.807, 2.05) is 66.9 Å². The first-order valence-electron chi connectivity index (χ1n) is 11.4. The molecule has 0 aliphatic heterocycles. The van der Waals surface area contributed by atoms with E-state index in [4.69, 9.17) is 14.3 Å². The number of hydrogen-bond acceptors (Lipinski definition) is 5. The lowest BCUT2D eigenvalue weighted by molar-refractivity contribution is -0.144. The van der Waals surface area contributed by atoms with E-state index in [0.717, 1.165) is 42.3 Å². The zero-order valence-corrected chi connectivity index (χ0v) is 18.6. The van der Waals surface area contributed by atoms with E-state index in [0.29, 0.717) is 17.0 Å². The fourth-order valence-electron chi connectivity index (χ4n) is 4.19. The van der Waals surface area contributed by atoms with Crippen LogP contribution >= 0.6 is 0 Å². The van der Waals surface area contributed by atoms with Crippen molar-refractivity contribution < 1.29 is 18.7 Å². The molecule has 0 spiro atoms. The molecular formula is C27H25N3O4. The van der Waals surface area contributed by atoms with Crippen LogP contribution in [-0.2, 0) is 14.3 Å². The second-order valence-electron chi connectivity index (χ2n) is 8.35. The van der Waals surface area contributed by atoms with Gasteiger partial charge in [0.25, 0.3) is 5.91 Å². The molecular weight excluding hydrogens is 430 g/mol. The number of fused-ring (bicyclic) bond motifs is 1. The number of para-hydroxylation sites is 2. The average Bonchev–Trinajstić information content (AvgIpc) is 3.61. The molecule has 1 aliphatic carbocycles. The maximum atomic E-state index is 12.3. The van der Waals surface area contributed by atoms with Gasteiger partial charge >= 0.3 is 5.97 Å². The molecule has 7 heteroatoms. The topological polar surface area (TPSA) is 86.4 Å². The number of hydrogen-bond donors (Lipinski definition) is 1. The number of furan rings is 1. The van der Waals surface area contributed by atoms with Gasteiger partial charge in [0.2, 0.25) is 0 Å². The fourth-order valence-corrected chi connectivity index (χ4v) is 4.19. The van der Waals surface area contributed by atoms with Gasteiger partial charge in [-0.05, 0) is 43.2 Å². The van der Waals surface area contributed by atoms with Crippen LogP contribution in [0.15, 0.2) is 77.4 Å². The van der Waals surface area contributed by atoms with Gasteiger partial charge in [-0.1, -0.05) is 49.2 Å². The summed E-state index contributed by atoms with van der Waals surface area (Å²) in [6, 6.07) is 19.5. The van der Waals surface area contributed by atoms with Crippen molar-refractivity contribution in [2.45, 2.75) is 31.7 Å². The predicted octanol–water partition coefficient (Wildman–Crippen LogP) is 4.90. The van der Waals surface area contributed by atoms with Crippen LogP contribution in [0.1, 0.15) is 31.2 Å². The molecule has 34 heavy (non-hydrogen) atoms. The summed E-state index contributed by atoms with van der Waals surface area (Å²) >= 11 is 0. The maximum absolute atomic E-state index is 12.3. The number of carbonyl (C=O) groups excluding carboxylic acids is 2. The van der Waals surface area contributed by atoms with Gasteiger partial charge < -0.3 is 14.5 Å². The smallest absolute Gasteiger partial charge is 0.331 e. The Bertz CT molecular complexity index is 1300. The maximum Gasteiger partial charge on any atom is 0.331 e. The van der Waals surface area contributed by atoms with Crippen molar-refractivity contribution in [3.8, 4) is 17.1 Å². The molecule has 0 unspecified atom stereocenters. The third-order valence-corrected chi connectivity index (χ3v) is 5.89. The number of nitrogens with zero attached hydrogens (tertiary/aromatic N) is 2. The number of nitrogens with one attached hydrogen (secondary N) is 1. The first kappa shape index (κ1) is 21.7. The van der Waals surface area contributed by atoms with Gasteiger partial charge in [-0.3, -0.25) is 4.79 Å². The van der Waals surface area contributed by atoms with Gasteiger partial charge in [0.1, 0.15) is 11.3 Å². The average molecular weight is 456 g/mol. The summed E-state index contributed by atoms with van der Waals surface area (Å²) < 4.78 is 12.9. The number of amides is 1. The van der Waals surface area contributed by atoms with Crippen molar-refractivity contribution in [3.05, 3.63) is 78.5 Å². The standard InChI is InChI=1S/C27H25N3O4/c31-25(28-21-9-5-6-10-21)18-33-26(32)15-14-20-17-30(22-11-2-1-3-12-22)29-27(20)24-16-19-8-4-7-13-23(19)34-24/h1-4,7-8,11-17,21H,5-6,9-10,18H2,(H,28,31). The minimum absolute atomic E-state index is 0.192. The molecule has 0 radical (unpaired) electrons.